The summed E-state index contributed by atoms with van der Waals surface area (Å²) < 4.78 is 4.84. The molecule has 0 bridgehead atoms. The van der Waals surface area contributed by atoms with Gasteiger partial charge in [-0.25, -0.2) is 4.98 Å². The Labute approximate surface area is 80.6 Å². The monoisotopic (exact) mass is 188 g/mol. The zero-order chi connectivity index (χ0) is 9.80. The second-order valence-electron chi connectivity index (χ2n) is 2.69. The number of hydrogen-bond donors (Lipinski definition) is 1. The fraction of sp³-hybridized carbons (Fsp3) is 0. The van der Waals surface area contributed by atoms with E-state index in [1.807, 2.05) is 18.2 Å². The number of rotatable bonds is 2. The highest BCUT2D eigenvalue weighted by Gasteiger charge is 2.08. The maximum Gasteiger partial charge on any atom is 0.293 e. The van der Waals surface area contributed by atoms with Crippen LogP contribution in [0.2, 0.25) is 0 Å². The lowest BCUT2D eigenvalue weighted by Gasteiger charge is -2.00. The Bertz CT molecular complexity index is 409. The lowest BCUT2D eigenvalue weighted by molar-refractivity contribution is 0.0996. The normalized spacial score (nSPS) is 9.71. The molecule has 1 N–H and O–H groups in total. The molecular weight excluding hydrogens is 180 g/mol. The molecule has 14 heavy (non-hydrogen) atoms. The number of nitrogens with zero attached hydrogens (tertiary/aromatic N) is 1. The van der Waals surface area contributed by atoms with Crippen LogP contribution in [-0.4, -0.2) is 10.9 Å². The molecule has 2 aromatic rings. The first-order valence-corrected chi connectivity index (χ1v) is 4.11. The number of amides is 1. The van der Waals surface area contributed by atoms with Gasteiger partial charge in [-0.15, -0.1) is 0 Å². The van der Waals surface area contributed by atoms with E-state index < -0.39 is 0 Å². The van der Waals surface area contributed by atoms with Crippen molar-refractivity contribution >= 4 is 11.6 Å². The van der Waals surface area contributed by atoms with Gasteiger partial charge in [0.25, 0.3) is 5.91 Å². The quantitative estimate of drug-likeness (QED) is 0.783. The van der Waals surface area contributed by atoms with Crippen molar-refractivity contribution in [3.05, 3.63) is 48.7 Å². The van der Waals surface area contributed by atoms with Crippen molar-refractivity contribution in [3.8, 4) is 0 Å². The molecule has 70 valence electrons. The van der Waals surface area contributed by atoms with Gasteiger partial charge in [0, 0.05) is 5.69 Å². The average molecular weight is 188 g/mol. The van der Waals surface area contributed by atoms with E-state index in [0.29, 0.717) is 0 Å². The highest BCUT2D eigenvalue weighted by Crippen LogP contribution is 2.07. The SMILES string of the molecule is O=C(Nc1ccccc1)c1cnco1. The molecule has 0 spiro atoms. The molecular formula is C10H8N2O2. The molecule has 0 radical (unpaired) electrons. The van der Waals surface area contributed by atoms with Crippen molar-refractivity contribution in [1.29, 1.82) is 0 Å². The Kier molecular flexibility index (Phi) is 2.27. The van der Waals surface area contributed by atoms with Crippen molar-refractivity contribution < 1.29 is 9.21 Å². The number of oxazole rings is 1. The van der Waals surface area contributed by atoms with Crippen LogP contribution in [0.1, 0.15) is 10.6 Å². The van der Waals surface area contributed by atoms with Crippen LogP contribution >= 0.6 is 0 Å². The second kappa shape index (κ2) is 3.74. The molecule has 0 aliphatic rings. The van der Waals surface area contributed by atoms with Crippen molar-refractivity contribution in [2.45, 2.75) is 0 Å². The molecule has 0 saturated carbocycles. The molecule has 0 saturated heterocycles. The molecule has 4 heteroatoms. The summed E-state index contributed by atoms with van der Waals surface area (Å²) in [5.41, 5.74) is 0.730. The predicted molar refractivity (Wildman–Crippen MR) is 50.9 cm³/mol. The minimum Gasteiger partial charge on any atom is -0.438 e. The van der Waals surface area contributed by atoms with Gasteiger partial charge in [0.1, 0.15) is 0 Å². The molecule has 0 fully saturated rings. The van der Waals surface area contributed by atoms with Crippen LogP contribution in [0.3, 0.4) is 0 Å². The zero-order valence-corrected chi connectivity index (χ0v) is 7.31. The first-order valence-electron chi connectivity index (χ1n) is 4.11. The highest BCUT2D eigenvalue weighted by molar-refractivity contribution is 6.01. The molecule has 2 rings (SSSR count). The maximum absolute atomic E-state index is 11.4. The number of carbonyl (C=O) groups excluding carboxylic acids is 1. The van der Waals surface area contributed by atoms with Crippen LogP contribution in [0.15, 0.2) is 47.3 Å². The van der Waals surface area contributed by atoms with Gasteiger partial charge in [-0.3, -0.25) is 4.79 Å². The van der Waals surface area contributed by atoms with Gasteiger partial charge in [0.05, 0.1) is 6.20 Å². The van der Waals surface area contributed by atoms with Crippen LogP contribution in [0.25, 0.3) is 0 Å². The Morgan fingerprint density at radius 1 is 1.29 bits per heavy atom. The van der Waals surface area contributed by atoms with Crippen LogP contribution in [0, 0.1) is 0 Å². The maximum atomic E-state index is 11.4. The van der Waals surface area contributed by atoms with Crippen molar-refractivity contribution in [2.75, 3.05) is 5.32 Å². The highest BCUT2D eigenvalue weighted by atomic mass is 16.3. The van der Waals surface area contributed by atoms with Gasteiger partial charge in [-0.1, -0.05) is 18.2 Å². The van der Waals surface area contributed by atoms with Gasteiger partial charge < -0.3 is 9.73 Å². The van der Waals surface area contributed by atoms with Crippen LogP contribution in [0.5, 0.6) is 0 Å². The van der Waals surface area contributed by atoms with Crippen LogP contribution in [-0.2, 0) is 0 Å². The van der Waals surface area contributed by atoms with E-state index in [1.54, 1.807) is 12.1 Å². The van der Waals surface area contributed by atoms with Gasteiger partial charge in [-0.05, 0) is 12.1 Å². The number of nitrogens with one attached hydrogen (secondary N) is 1. The smallest absolute Gasteiger partial charge is 0.293 e. The number of carbonyl (C=O) groups is 1. The standard InChI is InChI=1S/C10H8N2O2/c13-10(9-6-11-7-14-9)12-8-4-2-1-3-5-8/h1-7H,(H,12,13). The van der Waals surface area contributed by atoms with E-state index >= 15 is 0 Å². The molecule has 1 heterocycles. The summed E-state index contributed by atoms with van der Waals surface area (Å²) in [7, 11) is 0. The van der Waals surface area contributed by atoms with E-state index in [4.69, 9.17) is 4.42 Å². The Balaban J connectivity index is 2.10. The van der Waals surface area contributed by atoms with Crippen molar-refractivity contribution in [3.63, 3.8) is 0 Å². The lowest BCUT2D eigenvalue weighted by atomic mass is 10.3. The third kappa shape index (κ3) is 1.80. The minimum atomic E-state index is -0.297. The summed E-state index contributed by atoms with van der Waals surface area (Å²) in [6.07, 6.45) is 2.60. The average Bonchev–Trinajstić information content (AvgIpc) is 2.72. The molecule has 1 aromatic carbocycles. The van der Waals surface area contributed by atoms with Crippen LogP contribution < -0.4 is 5.32 Å². The number of hydrogen-bond acceptors (Lipinski definition) is 3. The fourth-order valence-electron chi connectivity index (χ4n) is 1.04. The van der Waals surface area contributed by atoms with Crippen LogP contribution in [0.4, 0.5) is 5.69 Å². The van der Waals surface area contributed by atoms with E-state index in [0.717, 1.165) is 5.69 Å². The summed E-state index contributed by atoms with van der Waals surface area (Å²) in [4.78, 5) is 15.1. The molecule has 1 amide bonds. The zero-order valence-electron chi connectivity index (χ0n) is 7.31. The summed E-state index contributed by atoms with van der Waals surface area (Å²) >= 11 is 0. The topological polar surface area (TPSA) is 55.1 Å². The van der Waals surface area contributed by atoms with Gasteiger partial charge in [0.2, 0.25) is 5.76 Å². The fourth-order valence-corrected chi connectivity index (χ4v) is 1.04. The van der Waals surface area contributed by atoms with E-state index in [2.05, 4.69) is 10.3 Å². The second-order valence-corrected chi connectivity index (χ2v) is 2.69. The predicted octanol–water partition coefficient (Wildman–Crippen LogP) is 1.93. The van der Waals surface area contributed by atoms with E-state index in [1.165, 1.54) is 12.6 Å². The Morgan fingerprint density at radius 3 is 2.71 bits per heavy atom. The Hall–Kier alpha value is -2.10. The number of benzene rings is 1. The number of aromatic nitrogens is 1. The van der Waals surface area contributed by atoms with E-state index in [-0.39, 0.29) is 11.7 Å². The van der Waals surface area contributed by atoms with Gasteiger partial charge in [0.15, 0.2) is 6.39 Å². The summed E-state index contributed by atoms with van der Waals surface area (Å²) in [6.45, 7) is 0. The molecule has 0 atom stereocenters. The third-order valence-electron chi connectivity index (χ3n) is 1.69. The summed E-state index contributed by atoms with van der Waals surface area (Å²) in [5.74, 6) is -0.0949. The minimum absolute atomic E-state index is 0.203. The van der Waals surface area contributed by atoms with Gasteiger partial charge >= 0.3 is 0 Å². The molecule has 4 nitrogen and oxygen atoms in total. The summed E-state index contributed by atoms with van der Waals surface area (Å²) in [6, 6.07) is 9.17. The number of anilines is 1. The molecule has 0 aliphatic carbocycles. The summed E-state index contributed by atoms with van der Waals surface area (Å²) in [5, 5.41) is 2.67. The van der Waals surface area contributed by atoms with Crippen molar-refractivity contribution in [1.82, 2.24) is 4.98 Å². The van der Waals surface area contributed by atoms with E-state index in [9.17, 15) is 4.79 Å². The third-order valence-corrected chi connectivity index (χ3v) is 1.69. The lowest BCUT2D eigenvalue weighted by Crippen LogP contribution is -2.10. The molecule has 0 aliphatic heterocycles. The number of para-hydroxylation sites is 1. The molecule has 0 unspecified atom stereocenters. The molecule has 1 aromatic heterocycles. The van der Waals surface area contributed by atoms with Crippen molar-refractivity contribution in [2.24, 2.45) is 0 Å². The Morgan fingerprint density at radius 2 is 2.07 bits per heavy atom. The van der Waals surface area contributed by atoms with Gasteiger partial charge in [-0.2, -0.15) is 0 Å². The largest absolute Gasteiger partial charge is 0.438 e. The first-order chi connectivity index (χ1) is 6.86. The first kappa shape index (κ1) is 8.50.